The summed E-state index contributed by atoms with van der Waals surface area (Å²) in [6.07, 6.45) is 0.979. The van der Waals surface area contributed by atoms with E-state index >= 15 is 0 Å². The number of hydrogen-bond donors (Lipinski definition) is 2. The number of fused-ring (bicyclic) bond motifs is 1. The van der Waals surface area contributed by atoms with Gasteiger partial charge >= 0.3 is 0 Å². The smallest absolute Gasteiger partial charge is 0.123 e. The van der Waals surface area contributed by atoms with Crippen LogP contribution in [-0.2, 0) is 0 Å². The van der Waals surface area contributed by atoms with Crippen LogP contribution in [0.15, 0.2) is 47.4 Å². The van der Waals surface area contributed by atoms with Crippen LogP contribution in [0.5, 0.6) is 0 Å². The zero-order valence-electron chi connectivity index (χ0n) is 13.1. The van der Waals surface area contributed by atoms with Crippen molar-refractivity contribution >= 4 is 23.1 Å². The minimum Gasteiger partial charge on any atom is -0.395 e. The molecule has 0 aliphatic carbocycles. The van der Waals surface area contributed by atoms with Gasteiger partial charge in [0.2, 0.25) is 0 Å². The van der Waals surface area contributed by atoms with Gasteiger partial charge in [0, 0.05) is 35.6 Å². The fourth-order valence-electron chi connectivity index (χ4n) is 2.81. The number of thioether (sulfide) groups is 1. The molecule has 2 N–H and O–H groups in total. The van der Waals surface area contributed by atoms with Crippen LogP contribution >= 0.6 is 11.8 Å². The first-order valence-electron chi connectivity index (χ1n) is 7.78. The Balaban J connectivity index is 1.74. The second kappa shape index (κ2) is 7.23. The molecule has 3 nitrogen and oxygen atoms in total. The van der Waals surface area contributed by atoms with Gasteiger partial charge in [-0.25, -0.2) is 4.39 Å². The number of aliphatic hydroxyl groups excluding tert-OH is 1. The Hall–Kier alpha value is -1.72. The lowest BCUT2D eigenvalue weighted by Crippen LogP contribution is -2.21. The Labute approximate surface area is 140 Å². The fraction of sp³-hybridized carbons (Fsp3) is 0.333. The minimum absolute atomic E-state index is 0.137. The Morgan fingerprint density at radius 3 is 2.78 bits per heavy atom. The molecule has 0 spiro atoms. The van der Waals surface area contributed by atoms with Gasteiger partial charge in [0.25, 0.3) is 0 Å². The molecule has 0 amide bonds. The molecule has 0 bridgehead atoms. The van der Waals surface area contributed by atoms with E-state index in [1.807, 2.05) is 42.3 Å². The quantitative estimate of drug-likeness (QED) is 0.870. The number of nitrogens with zero attached hydrogens (tertiary/aromatic N) is 1. The first kappa shape index (κ1) is 16.1. The number of benzene rings is 2. The van der Waals surface area contributed by atoms with Crippen molar-refractivity contribution in [1.29, 1.82) is 0 Å². The van der Waals surface area contributed by atoms with Crippen LogP contribution in [0.4, 0.5) is 15.8 Å². The van der Waals surface area contributed by atoms with Crippen LogP contribution in [0.25, 0.3) is 0 Å². The summed E-state index contributed by atoms with van der Waals surface area (Å²) in [6, 6.07) is 13.3. The molecule has 2 aromatic carbocycles. The van der Waals surface area contributed by atoms with Crippen molar-refractivity contribution in [3.05, 3.63) is 53.8 Å². The van der Waals surface area contributed by atoms with Gasteiger partial charge in [-0.05, 0) is 54.4 Å². The van der Waals surface area contributed by atoms with Crippen molar-refractivity contribution in [2.24, 2.45) is 0 Å². The molecule has 2 aromatic rings. The number of hydrogen-bond acceptors (Lipinski definition) is 4. The van der Waals surface area contributed by atoms with Crippen molar-refractivity contribution in [1.82, 2.24) is 0 Å². The van der Waals surface area contributed by atoms with E-state index in [1.54, 1.807) is 17.8 Å². The Bertz CT molecular complexity index is 663. The summed E-state index contributed by atoms with van der Waals surface area (Å²) >= 11 is 1.79. The zero-order valence-corrected chi connectivity index (χ0v) is 13.9. The highest BCUT2D eigenvalue weighted by atomic mass is 32.2. The van der Waals surface area contributed by atoms with E-state index in [4.69, 9.17) is 5.11 Å². The van der Waals surface area contributed by atoms with Crippen molar-refractivity contribution in [2.45, 2.75) is 17.4 Å². The molecular weight excluding hydrogens is 311 g/mol. The second-order valence-electron chi connectivity index (χ2n) is 5.71. The maximum atomic E-state index is 13.6. The minimum atomic E-state index is -0.181. The predicted octanol–water partition coefficient (Wildman–Crippen LogP) is 3.90. The molecule has 1 atom stereocenters. The van der Waals surface area contributed by atoms with E-state index in [0.717, 1.165) is 34.0 Å². The van der Waals surface area contributed by atoms with Crippen molar-refractivity contribution < 1.29 is 9.50 Å². The second-order valence-corrected chi connectivity index (χ2v) is 6.84. The highest BCUT2D eigenvalue weighted by Gasteiger charge is 2.21. The molecular formula is C18H21FN2OS. The molecule has 1 aliphatic rings. The molecule has 0 radical (unpaired) electrons. The van der Waals surface area contributed by atoms with Crippen molar-refractivity contribution in [2.75, 3.05) is 36.2 Å². The van der Waals surface area contributed by atoms with E-state index < -0.39 is 0 Å². The van der Waals surface area contributed by atoms with E-state index in [0.29, 0.717) is 6.54 Å². The molecule has 1 unspecified atom stereocenters. The summed E-state index contributed by atoms with van der Waals surface area (Å²) in [5.74, 6) is 0.854. The van der Waals surface area contributed by atoms with Crippen LogP contribution in [0.2, 0.25) is 0 Å². The summed E-state index contributed by atoms with van der Waals surface area (Å²) in [6.45, 7) is 0.748. The predicted molar refractivity (Wildman–Crippen MR) is 94.9 cm³/mol. The van der Waals surface area contributed by atoms with E-state index in [-0.39, 0.29) is 18.5 Å². The van der Waals surface area contributed by atoms with Crippen molar-refractivity contribution in [3.8, 4) is 0 Å². The Kier molecular flexibility index (Phi) is 5.08. The maximum Gasteiger partial charge on any atom is 0.123 e. The number of anilines is 2. The third-order valence-electron chi connectivity index (χ3n) is 4.10. The highest BCUT2D eigenvalue weighted by Crippen LogP contribution is 2.38. The SMILES string of the molecule is CN(CCO)c1ccc(NC2CCSc3ccc(F)cc32)cc1. The highest BCUT2D eigenvalue weighted by molar-refractivity contribution is 7.99. The summed E-state index contributed by atoms with van der Waals surface area (Å²) in [5, 5.41) is 12.5. The molecule has 1 aliphatic heterocycles. The third-order valence-corrected chi connectivity index (χ3v) is 5.22. The maximum absolute atomic E-state index is 13.6. The number of rotatable bonds is 5. The van der Waals surface area contributed by atoms with Crippen LogP contribution in [0.1, 0.15) is 18.0 Å². The molecule has 0 saturated heterocycles. The van der Waals surface area contributed by atoms with Gasteiger partial charge in [-0.15, -0.1) is 11.8 Å². The molecule has 5 heteroatoms. The summed E-state index contributed by atoms with van der Waals surface area (Å²) in [5.41, 5.74) is 3.14. The van der Waals surface area contributed by atoms with Crippen molar-refractivity contribution in [3.63, 3.8) is 0 Å². The lowest BCUT2D eigenvalue weighted by Gasteiger charge is -2.27. The number of halogens is 1. The lowest BCUT2D eigenvalue weighted by molar-refractivity contribution is 0.304. The summed E-state index contributed by atoms with van der Waals surface area (Å²) in [7, 11) is 1.95. The largest absolute Gasteiger partial charge is 0.395 e. The molecule has 3 rings (SSSR count). The normalized spacial score (nSPS) is 16.7. The van der Waals surface area contributed by atoms with E-state index in [9.17, 15) is 4.39 Å². The van der Waals surface area contributed by atoms with E-state index in [1.165, 1.54) is 6.07 Å². The van der Waals surface area contributed by atoms with Crippen LogP contribution < -0.4 is 10.2 Å². The Morgan fingerprint density at radius 1 is 1.26 bits per heavy atom. The third kappa shape index (κ3) is 3.79. The van der Waals surface area contributed by atoms with Gasteiger partial charge in [-0.2, -0.15) is 0 Å². The molecule has 0 fully saturated rings. The van der Waals surface area contributed by atoms with Crippen LogP contribution in [0, 0.1) is 5.82 Å². The van der Waals surface area contributed by atoms with Gasteiger partial charge in [-0.3, -0.25) is 0 Å². The van der Waals surface area contributed by atoms with Crippen LogP contribution in [0.3, 0.4) is 0 Å². The molecule has 0 aromatic heterocycles. The monoisotopic (exact) mass is 332 g/mol. The van der Waals surface area contributed by atoms with E-state index in [2.05, 4.69) is 5.32 Å². The molecule has 0 saturated carbocycles. The molecule has 1 heterocycles. The summed E-state index contributed by atoms with van der Waals surface area (Å²) < 4.78 is 13.6. The first-order chi connectivity index (χ1) is 11.2. The van der Waals surface area contributed by atoms with Gasteiger partial charge in [-0.1, -0.05) is 0 Å². The topological polar surface area (TPSA) is 35.5 Å². The summed E-state index contributed by atoms with van der Waals surface area (Å²) in [4.78, 5) is 3.17. The standard InChI is InChI=1S/C18H21FN2OS/c1-21(9-10-22)15-5-3-14(4-6-15)20-17-8-11-23-18-7-2-13(19)12-16(17)18/h2-7,12,17,20,22H,8-11H2,1H3. The van der Waals surface area contributed by atoms with Gasteiger partial charge in [0.05, 0.1) is 12.6 Å². The van der Waals surface area contributed by atoms with Gasteiger partial charge < -0.3 is 15.3 Å². The van der Waals surface area contributed by atoms with Gasteiger partial charge in [0.1, 0.15) is 5.82 Å². The number of aliphatic hydroxyl groups is 1. The zero-order chi connectivity index (χ0) is 16.2. The fourth-order valence-corrected chi connectivity index (χ4v) is 3.91. The molecule has 122 valence electrons. The first-order valence-corrected chi connectivity index (χ1v) is 8.77. The molecule has 23 heavy (non-hydrogen) atoms. The van der Waals surface area contributed by atoms with Crippen LogP contribution in [-0.4, -0.2) is 31.1 Å². The lowest BCUT2D eigenvalue weighted by atomic mass is 10.0. The number of nitrogens with one attached hydrogen (secondary N) is 1. The Morgan fingerprint density at radius 2 is 2.04 bits per heavy atom. The van der Waals surface area contributed by atoms with Gasteiger partial charge in [0.15, 0.2) is 0 Å². The number of likely N-dealkylation sites (N-methyl/N-ethyl adjacent to an activating group) is 1. The average Bonchev–Trinajstić information content (AvgIpc) is 2.56. The average molecular weight is 332 g/mol.